The molecule has 25 heavy (non-hydrogen) atoms. The molecule has 2 aliphatic heterocycles. The highest BCUT2D eigenvalue weighted by Crippen LogP contribution is 2.15. The molecule has 0 saturated carbocycles. The van der Waals surface area contributed by atoms with Crippen LogP contribution in [0, 0.1) is 5.92 Å². The van der Waals surface area contributed by atoms with Gasteiger partial charge in [-0.25, -0.2) is 0 Å². The molecule has 2 fully saturated rings. The summed E-state index contributed by atoms with van der Waals surface area (Å²) < 4.78 is 0. The second-order valence-corrected chi connectivity index (χ2v) is 7.41. The quantitative estimate of drug-likeness (QED) is 0.272. The number of aliphatic imine (C=N–C) groups is 1. The van der Waals surface area contributed by atoms with Crippen LogP contribution in [0.4, 0.5) is 0 Å². The summed E-state index contributed by atoms with van der Waals surface area (Å²) in [6, 6.07) is 0. The summed E-state index contributed by atoms with van der Waals surface area (Å²) in [5, 5.41) is 3.48. The number of likely N-dealkylation sites (N-methyl/N-ethyl adjacent to an activating group) is 1. The number of hydrogen-bond acceptors (Lipinski definition) is 3. The zero-order valence-corrected chi connectivity index (χ0v) is 19.0. The van der Waals surface area contributed by atoms with Gasteiger partial charge in [0, 0.05) is 52.4 Å². The third-order valence-corrected chi connectivity index (χ3v) is 5.35. The van der Waals surface area contributed by atoms with Crippen LogP contribution in [0.5, 0.6) is 0 Å². The van der Waals surface area contributed by atoms with Gasteiger partial charge in [-0.3, -0.25) is 4.99 Å². The van der Waals surface area contributed by atoms with Crippen molar-refractivity contribution in [2.45, 2.75) is 46.5 Å². The van der Waals surface area contributed by atoms with Crippen molar-refractivity contribution in [3.8, 4) is 0 Å². The van der Waals surface area contributed by atoms with Crippen molar-refractivity contribution in [1.29, 1.82) is 0 Å². The van der Waals surface area contributed by atoms with Gasteiger partial charge in [-0.05, 0) is 51.6 Å². The number of likely N-dealkylation sites (tertiary alicyclic amines) is 1. The number of halogens is 1. The Labute approximate surface area is 172 Å². The van der Waals surface area contributed by atoms with Gasteiger partial charge in [0.2, 0.25) is 0 Å². The number of piperidine rings is 1. The topological polar surface area (TPSA) is 34.1 Å². The Morgan fingerprint density at radius 1 is 1.04 bits per heavy atom. The Balaban J connectivity index is 0.00000312. The first-order valence-electron chi connectivity index (χ1n) is 10.2. The van der Waals surface area contributed by atoms with Crippen molar-refractivity contribution in [3.63, 3.8) is 0 Å². The lowest BCUT2D eigenvalue weighted by atomic mass is 10.0. The van der Waals surface area contributed by atoms with Gasteiger partial charge < -0.3 is 20.0 Å². The summed E-state index contributed by atoms with van der Waals surface area (Å²) in [5.41, 5.74) is 0. The van der Waals surface area contributed by atoms with Gasteiger partial charge in [-0.2, -0.15) is 0 Å². The van der Waals surface area contributed by atoms with Crippen LogP contribution in [0.1, 0.15) is 46.5 Å². The maximum Gasteiger partial charge on any atom is 0.193 e. The van der Waals surface area contributed by atoms with Gasteiger partial charge in [0.15, 0.2) is 5.96 Å². The van der Waals surface area contributed by atoms with Crippen LogP contribution in [0.3, 0.4) is 0 Å². The lowest BCUT2D eigenvalue weighted by Gasteiger charge is -2.34. The van der Waals surface area contributed by atoms with Gasteiger partial charge in [0.05, 0.1) is 0 Å². The molecule has 2 heterocycles. The predicted molar refractivity (Wildman–Crippen MR) is 119 cm³/mol. The molecule has 0 radical (unpaired) electrons. The summed E-state index contributed by atoms with van der Waals surface area (Å²) in [5.74, 6) is 1.94. The molecule has 0 aromatic carbocycles. The molecule has 0 bridgehead atoms. The highest BCUT2D eigenvalue weighted by molar-refractivity contribution is 14.0. The summed E-state index contributed by atoms with van der Waals surface area (Å²) >= 11 is 0. The average Bonchev–Trinajstić information content (AvgIpc) is 2.61. The molecule has 2 aliphatic rings. The minimum atomic E-state index is 0. The molecule has 1 N–H and O–H groups in total. The first-order valence-corrected chi connectivity index (χ1v) is 10.2. The van der Waals surface area contributed by atoms with Crippen LogP contribution >= 0.6 is 24.0 Å². The van der Waals surface area contributed by atoms with E-state index in [0.29, 0.717) is 0 Å². The van der Waals surface area contributed by atoms with E-state index in [2.05, 4.69) is 40.8 Å². The monoisotopic (exact) mass is 465 g/mol. The van der Waals surface area contributed by atoms with Crippen molar-refractivity contribution in [1.82, 2.24) is 20.0 Å². The maximum absolute atomic E-state index is 4.88. The lowest BCUT2D eigenvalue weighted by molar-refractivity contribution is 0.136. The molecule has 0 spiro atoms. The Morgan fingerprint density at radius 3 is 2.40 bits per heavy atom. The minimum Gasteiger partial charge on any atom is -0.357 e. The van der Waals surface area contributed by atoms with E-state index >= 15 is 0 Å². The van der Waals surface area contributed by atoms with Crippen LogP contribution in [0.25, 0.3) is 0 Å². The van der Waals surface area contributed by atoms with Crippen LogP contribution in [0.2, 0.25) is 0 Å². The smallest absolute Gasteiger partial charge is 0.193 e. The molecule has 0 aromatic rings. The predicted octanol–water partition coefficient (Wildman–Crippen LogP) is 2.72. The van der Waals surface area contributed by atoms with Crippen molar-refractivity contribution in [3.05, 3.63) is 0 Å². The van der Waals surface area contributed by atoms with Crippen molar-refractivity contribution >= 4 is 29.9 Å². The molecule has 2 saturated heterocycles. The molecule has 0 aromatic heterocycles. The van der Waals surface area contributed by atoms with Gasteiger partial charge >= 0.3 is 0 Å². The van der Waals surface area contributed by atoms with Gasteiger partial charge in [0.25, 0.3) is 0 Å². The van der Waals surface area contributed by atoms with E-state index in [1.807, 2.05) is 0 Å². The van der Waals surface area contributed by atoms with E-state index in [1.54, 1.807) is 0 Å². The summed E-state index contributed by atoms with van der Waals surface area (Å²) in [6.07, 6.45) is 5.13. The first kappa shape index (κ1) is 23.0. The fourth-order valence-electron chi connectivity index (χ4n) is 3.77. The number of rotatable bonds is 7. The summed E-state index contributed by atoms with van der Waals surface area (Å²) in [7, 11) is 0. The van der Waals surface area contributed by atoms with Crippen LogP contribution in [-0.2, 0) is 0 Å². The van der Waals surface area contributed by atoms with E-state index in [4.69, 9.17) is 4.99 Å². The van der Waals surface area contributed by atoms with Crippen molar-refractivity contribution in [2.24, 2.45) is 10.9 Å². The number of piperazine rings is 1. The minimum absolute atomic E-state index is 0. The average molecular weight is 465 g/mol. The standard InChI is InChI=1S/C19H39N5.HI/c1-4-20-19(24-12-8-9-18(3)17-24)21-10-6-7-11-23-15-13-22(5-2)14-16-23;/h18H,4-17H2,1-3H3,(H,20,21);1H. The number of nitrogens with one attached hydrogen (secondary N) is 1. The lowest BCUT2D eigenvalue weighted by Crippen LogP contribution is -2.46. The SMILES string of the molecule is CCNC(=NCCCCN1CCN(CC)CC1)N1CCCC(C)C1.I. The van der Waals surface area contributed by atoms with Gasteiger partial charge in [-0.15, -0.1) is 24.0 Å². The largest absolute Gasteiger partial charge is 0.357 e. The number of unbranched alkanes of at least 4 members (excludes halogenated alkanes) is 1. The Hall–Kier alpha value is -0.0800. The van der Waals surface area contributed by atoms with Gasteiger partial charge in [-0.1, -0.05) is 13.8 Å². The molecule has 6 heteroatoms. The maximum atomic E-state index is 4.88. The third kappa shape index (κ3) is 8.43. The molecule has 2 rings (SSSR count). The number of guanidine groups is 1. The van der Waals surface area contributed by atoms with Crippen LogP contribution in [-0.4, -0.2) is 86.1 Å². The molecule has 5 nitrogen and oxygen atoms in total. The molecule has 148 valence electrons. The van der Waals surface area contributed by atoms with E-state index in [9.17, 15) is 0 Å². The van der Waals surface area contributed by atoms with Crippen LogP contribution in [0.15, 0.2) is 4.99 Å². The van der Waals surface area contributed by atoms with Crippen molar-refractivity contribution < 1.29 is 0 Å². The Kier molecular flexibility index (Phi) is 12.1. The Morgan fingerprint density at radius 2 is 1.76 bits per heavy atom. The number of hydrogen-bond donors (Lipinski definition) is 1. The first-order chi connectivity index (χ1) is 11.7. The molecular weight excluding hydrogens is 425 g/mol. The van der Waals surface area contributed by atoms with E-state index in [-0.39, 0.29) is 24.0 Å². The zero-order chi connectivity index (χ0) is 17.2. The molecular formula is C19H40IN5. The van der Waals surface area contributed by atoms with E-state index < -0.39 is 0 Å². The fourth-order valence-corrected chi connectivity index (χ4v) is 3.77. The summed E-state index contributed by atoms with van der Waals surface area (Å²) in [6.45, 7) is 18.4. The van der Waals surface area contributed by atoms with Crippen LogP contribution < -0.4 is 5.32 Å². The number of nitrogens with zero attached hydrogens (tertiary/aromatic N) is 4. The highest BCUT2D eigenvalue weighted by atomic mass is 127. The van der Waals surface area contributed by atoms with E-state index in [0.717, 1.165) is 38.1 Å². The third-order valence-electron chi connectivity index (χ3n) is 5.35. The second kappa shape index (κ2) is 13.1. The molecule has 0 aliphatic carbocycles. The van der Waals surface area contributed by atoms with Crippen molar-refractivity contribution in [2.75, 3.05) is 65.4 Å². The Bertz CT molecular complexity index is 369. The fraction of sp³-hybridized carbons (Fsp3) is 0.947. The summed E-state index contributed by atoms with van der Waals surface area (Å²) in [4.78, 5) is 12.5. The normalized spacial score (nSPS) is 23.4. The zero-order valence-electron chi connectivity index (χ0n) is 16.7. The molecule has 0 amide bonds. The van der Waals surface area contributed by atoms with Gasteiger partial charge in [0.1, 0.15) is 0 Å². The van der Waals surface area contributed by atoms with E-state index in [1.165, 1.54) is 65.0 Å². The second-order valence-electron chi connectivity index (χ2n) is 7.41. The molecule has 1 unspecified atom stereocenters. The highest BCUT2D eigenvalue weighted by Gasteiger charge is 2.19. The molecule has 1 atom stereocenters.